The molecule has 1 saturated carbocycles. The van der Waals surface area contributed by atoms with Crippen LogP contribution in [0, 0.1) is 5.92 Å². The van der Waals surface area contributed by atoms with Gasteiger partial charge in [0.05, 0.1) is 0 Å². The van der Waals surface area contributed by atoms with Crippen molar-refractivity contribution in [2.75, 3.05) is 0 Å². The van der Waals surface area contributed by atoms with Crippen LogP contribution in [0.15, 0.2) is 0 Å². The zero-order valence-corrected chi connectivity index (χ0v) is 10.7. The smallest absolute Gasteiger partial charge is 0.0154 e. The number of nitrogens with two attached hydrogens (primary N) is 1. The highest BCUT2D eigenvalue weighted by atomic mass is 14.7. The van der Waals surface area contributed by atoms with Crippen molar-refractivity contribution in [2.24, 2.45) is 11.7 Å². The van der Waals surface area contributed by atoms with Crippen LogP contribution in [-0.4, -0.2) is 5.54 Å². The average Bonchev–Trinajstić information content (AvgIpc) is 2.26. The molecule has 15 heavy (non-hydrogen) atoms. The Morgan fingerprint density at radius 3 is 2.20 bits per heavy atom. The van der Waals surface area contributed by atoms with Crippen LogP contribution in [0.2, 0.25) is 0 Å². The summed E-state index contributed by atoms with van der Waals surface area (Å²) in [5.74, 6) is 0.989. The molecule has 0 bridgehead atoms. The zero-order valence-electron chi connectivity index (χ0n) is 10.7. The van der Waals surface area contributed by atoms with E-state index < -0.39 is 0 Å². The summed E-state index contributed by atoms with van der Waals surface area (Å²) < 4.78 is 0. The Kier molecular flexibility index (Phi) is 5.66. The third kappa shape index (κ3) is 4.55. The Morgan fingerprint density at radius 2 is 1.67 bits per heavy atom. The largest absolute Gasteiger partial charge is 0.325 e. The third-order valence-electron chi connectivity index (χ3n) is 4.10. The molecule has 1 nitrogen and oxygen atoms in total. The van der Waals surface area contributed by atoms with Crippen molar-refractivity contribution < 1.29 is 0 Å². The molecule has 0 heterocycles. The maximum Gasteiger partial charge on any atom is 0.0154 e. The van der Waals surface area contributed by atoms with Gasteiger partial charge in [0.25, 0.3) is 0 Å². The van der Waals surface area contributed by atoms with Crippen LogP contribution in [0.25, 0.3) is 0 Å². The Bertz CT molecular complexity index is 157. The second kappa shape index (κ2) is 6.52. The lowest BCUT2D eigenvalue weighted by Crippen LogP contribution is -2.43. The van der Waals surface area contributed by atoms with E-state index in [-0.39, 0.29) is 5.54 Å². The van der Waals surface area contributed by atoms with Gasteiger partial charge in [0.2, 0.25) is 0 Å². The molecule has 0 aromatic rings. The molecule has 1 rings (SSSR count). The SMILES string of the molecule is CCCCC1CCC(N)(CCCC)CC1. The van der Waals surface area contributed by atoms with Crippen LogP contribution in [-0.2, 0) is 0 Å². The normalized spacial score (nSPS) is 31.8. The van der Waals surface area contributed by atoms with Gasteiger partial charge in [-0.05, 0) is 38.0 Å². The average molecular weight is 211 g/mol. The van der Waals surface area contributed by atoms with Gasteiger partial charge in [-0.2, -0.15) is 0 Å². The molecule has 1 aliphatic carbocycles. The zero-order chi connectivity index (χ0) is 11.1. The molecular formula is C14H29N. The van der Waals surface area contributed by atoms with Gasteiger partial charge in [-0.25, -0.2) is 0 Å². The molecule has 0 spiro atoms. The van der Waals surface area contributed by atoms with E-state index in [1.54, 1.807) is 0 Å². The first-order valence-electron chi connectivity index (χ1n) is 6.99. The van der Waals surface area contributed by atoms with E-state index in [1.165, 1.54) is 64.2 Å². The summed E-state index contributed by atoms with van der Waals surface area (Å²) >= 11 is 0. The molecule has 1 fully saturated rings. The minimum atomic E-state index is 0.207. The minimum Gasteiger partial charge on any atom is -0.325 e. The molecule has 90 valence electrons. The van der Waals surface area contributed by atoms with Crippen LogP contribution in [0.3, 0.4) is 0 Å². The second-order valence-corrected chi connectivity index (χ2v) is 5.55. The molecule has 2 N–H and O–H groups in total. The van der Waals surface area contributed by atoms with Crippen molar-refractivity contribution in [3.8, 4) is 0 Å². The van der Waals surface area contributed by atoms with Gasteiger partial charge in [-0.15, -0.1) is 0 Å². The van der Waals surface area contributed by atoms with Crippen molar-refractivity contribution in [2.45, 2.75) is 83.6 Å². The first-order chi connectivity index (χ1) is 7.20. The van der Waals surface area contributed by atoms with Crippen LogP contribution < -0.4 is 5.73 Å². The maximum atomic E-state index is 6.44. The highest BCUT2D eigenvalue weighted by Gasteiger charge is 2.30. The molecule has 0 aromatic heterocycles. The van der Waals surface area contributed by atoms with Gasteiger partial charge < -0.3 is 5.73 Å². The topological polar surface area (TPSA) is 26.0 Å². The minimum absolute atomic E-state index is 0.207. The Balaban J connectivity index is 2.21. The predicted molar refractivity (Wildman–Crippen MR) is 67.9 cm³/mol. The number of unbranched alkanes of at least 4 members (excludes halogenated alkanes) is 2. The number of hydrogen-bond donors (Lipinski definition) is 1. The molecule has 1 aliphatic rings. The summed E-state index contributed by atoms with van der Waals surface area (Å²) in [6.07, 6.45) is 13.4. The molecule has 1 heteroatoms. The van der Waals surface area contributed by atoms with E-state index in [2.05, 4.69) is 13.8 Å². The van der Waals surface area contributed by atoms with Gasteiger partial charge in [-0.1, -0.05) is 46.0 Å². The predicted octanol–water partition coefficient (Wildman–Crippen LogP) is 4.25. The quantitative estimate of drug-likeness (QED) is 0.698. The van der Waals surface area contributed by atoms with Gasteiger partial charge in [0.1, 0.15) is 0 Å². The summed E-state index contributed by atoms with van der Waals surface area (Å²) in [6.45, 7) is 4.55. The molecule has 0 amide bonds. The van der Waals surface area contributed by atoms with E-state index in [0.717, 1.165) is 5.92 Å². The highest BCUT2D eigenvalue weighted by molar-refractivity contribution is 4.89. The van der Waals surface area contributed by atoms with Crippen molar-refractivity contribution in [3.63, 3.8) is 0 Å². The fraction of sp³-hybridized carbons (Fsp3) is 1.00. The van der Waals surface area contributed by atoms with E-state index in [9.17, 15) is 0 Å². The standard InChI is InChI=1S/C14H29N/c1-3-5-7-13-8-11-14(15,12-9-13)10-6-4-2/h13H,3-12,15H2,1-2H3. The summed E-state index contributed by atoms with van der Waals surface area (Å²) in [5, 5.41) is 0. The van der Waals surface area contributed by atoms with Crippen LogP contribution >= 0.6 is 0 Å². The van der Waals surface area contributed by atoms with Gasteiger partial charge in [-0.3, -0.25) is 0 Å². The second-order valence-electron chi connectivity index (χ2n) is 5.55. The fourth-order valence-electron chi connectivity index (χ4n) is 2.81. The summed E-state index contributed by atoms with van der Waals surface area (Å²) in [4.78, 5) is 0. The van der Waals surface area contributed by atoms with Crippen LogP contribution in [0.5, 0.6) is 0 Å². The van der Waals surface area contributed by atoms with Crippen molar-refractivity contribution in [1.29, 1.82) is 0 Å². The first-order valence-corrected chi connectivity index (χ1v) is 6.99. The summed E-state index contributed by atoms with van der Waals surface area (Å²) in [5.41, 5.74) is 6.64. The van der Waals surface area contributed by atoms with Gasteiger partial charge in [0.15, 0.2) is 0 Å². The van der Waals surface area contributed by atoms with Crippen molar-refractivity contribution >= 4 is 0 Å². The van der Waals surface area contributed by atoms with Gasteiger partial charge in [0, 0.05) is 5.54 Å². The lowest BCUT2D eigenvalue weighted by atomic mass is 9.73. The Labute approximate surface area is 95.8 Å². The van der Waals surface area contributed by atoms with Crippen molar-refractivity contribution in [3.05, 3.63) is 0 Å². The summed E-state index contributed by atoms with van der Waals surface area (Å²) in [7, 11) is 0. The van der Waals surface area contributed by atoms with E-state index in [1.807, 2.05) is 0 Å². The Morgan fingerprint density at radius 1 is 1.07 bits per heavy atom. The highest BCUT2D eigenvalue weighted by Crippen LogP contribution is 2.35. The molecular weight excluding hydrogens is 182 g/mol. The summed E-state index contributed by atoms with van der Waals surface area (Å²) in [6, 6.07) is 0. The lowest BCUT2D eigenvalue weighted by Gasteiger charge is -2.37. The molecule has 0 radical (unpaired) electrons. The molecule has 0 aliphatic heterocycles. The number of rotatable bonds is 6. The fourth-order valence-corrected chi connectivity index (χ4v) is 2.81. The number of hydrogen-bond acceptors (Lipinski definition) is 1. The first kappa shape index (κ1) is 13.0. The molecule has 0 atom stereocenters. The van der Waals surface area contributed by atoms with Gasteiger partial charge >= 0.3 is 0 Å². The molecule has 0 saturated heterocycles. The van der Waals surface area contributed by atoms with Crippen molar-refractivity contribution in [1.82, 2.24) is 0 Å². The molecule has 0 unspecified atom stereocenters. The Hall–Kier alpha value is -0.0400. The third-order valence-corrected chi connectivity index (χ3v) is 4.10. The van der Waals surface area contributed by atoms with E-state index in [4.69, 9.17) is 5.73 Å². The van der Waals surface area contributed by atoms with Crippen LogP contribution in [0.4, 0.5) is 0 Å². The monoisotopic (exact) mass is 211 g/mol. The maximum absolute atomic E-state index is 6.44. The van der Waals surface area contributed by atoms with E-state index in [0.29, 0.717) is 0 Å². The molecule has 0 aromatic carbocycles. The van der Waals surface area contributed by atoms with Crippen LogP contribution in [0.1, 0.15) is 78.1 Å². The van der Waals surface area contributed by atoms with E-state index >= 15 is 0 Å². The lowest BCUT2D eigenvalue weighted by molar-refractivity contribution is 0.208.